The Bertz CT molecular complexity index is 1050. The Labute approximate surface area is 166 Å². The molecule has 146 valence electrons. The average Bonchev–Trinajstić information content (AvgIpc) is 3.12. The zero-order valence-electron chi connectivity index (χ0n) is 15.5. The van der Waals surface area contributed by atoms with Crippen LogP contribution in [0, 0.1) is 5.82 Å². The number of rotatable bonds is 4. The largest absolute Gasteiger partial charge is 0.484 e. The third-order valence-corrected chi connectivity index (χ3v) is 5.30. The van der Waals surface area contributed by atoms with E-state index in [1.54, 1.807) is 4.90 Å². The van der Waals surface area contributed by atoms with Gasteiger partial charge in [-0.3, -0.25) is 4.79 Å². The Balaban J connectivity index is 1.24. The molecule has 2 aliphatic heterocycles. The fraction of sp³-hybridized carbons (Fsp3) is 0.227. The van der Waals surface area contributed by atoms with Crippen molar-refractivity contribution in [3.8, 4) is 17.1 Å². The van der Waals surface area contributed by atoms with E-state index in [0.29, 0.717) is 31.3 Å². The molecule has 29 heavy (non-hydrogen) atoms. The van der Waals surface area contributed by atoms with Crippen molar-refractivity contribution in [2.45, 2.75) is 12.2 Å². The third kappa shape index (κ3) is 3.23. The lowest BCUT2D eigenvalue weighted by Crippen LogP contribution is -2.62. The molecule has 5 rings (SSSR count). The van der Waals surface area contributed by atoms with E-state index >= 15 is 0 Å². The Hall–Kier alpha value is -3.32. The summed E-state index contributed by atoms with van der Waals surface area (Å²) in [4.78, 5) is 23.2. The van der Waals surface area contributed by atoms with Crippen molar-refractivity contribution in [2.24, 2.45) is 0 Å². The van der Waals surface area contributed by atoms with Crippen LogP contribution in [-0.4, -0.2) is 40.5 Å². The van der Waals surface area contributed by atoms with Crippen molar-refractivity contribution < 1.29 is 18.7 Å². The minimum Gasteiger partial charge on any atom is -0.484 e. The zero-order chi connectivity index (χ0) is 19.8. The Kier molecular flexibility index (Phi) is 4.24. The van der Waals surface area contributed by atoms with Crippen molar-refractivity contribution in [3.63, 3.8) is 0 Å². The number of ether oxygens (including phenoxy) is 2. The van der Waals surface area contributed by atoms with Gasteiger partial charge in [-0.15, -0.1) is 0 Å². The number of fused-ring (bicyclic) bond motifs is 2. The maximum atomic E-state index is 12.9. The summed E-state index contributed by atoms with van der Waals surface area (Å²) in [6.45, 7) is 1.20. The van der Waals surface area contributed by atoms with Crippen LogP contribution < -0.4 is 4.74 Å². The number of hydrogen-bond donors (Lipinski definition) is 0. The van der Waals surface area contributed by atoms with Crippen molar-refractivity contribution in [1.29, 1.82) is 0 Å². The first-order chi connectivity index (χ1) is 14.1. The molecule has 0 bridgehead atoms. The fourth-order valence-electron chi connectivity index (χ4n) is 3.69. The van der Waals surface area contributed by atoms with Crippen LogP contribution in [-0.2, 0) is 21.7 Å². The lowest BCUT2D eigenvalue weighted by molar-refractivity contribution is -0.170. The van der Waals surface area contributed by atoms with Crippen LogP contribution in [0.25, 0.3) is 11.4 Å². The molecule has 0 radical (unpaired) electrons. The quantitative estimate of drug-likeness (QED) is 0.684. The summed E-state index contributed by atoms with van der Waals surface area (Å²) in [7, 11) is 0. The molecule has 3 heterocycles. The number of nitrogens with zero attached hydrogens (tertiary/aromatic N) is 3. The molecule has 7 heteroatoms. The maximum Gasteiger partial charge on any atom is 0.260 e. The van der Waals surface area contributed by atoms with Crippen LogP contribution in [0.15, 0.2) is 60.8 Å². The standard InChI is InChI=1S/C22H18FN3O3/c23-16-6-8-17(9-7-16)28-12-20(27)26-13-22(14-26)18-10-24-21(25-19(18)11-29-22)15-4-2-1-3-5-15/h1-10H,11-14H2. The topological polar surface area (TPSA) is 64.5 Å². The Morgan fingerprint density at radius 1 is 1.14 bits per heavy atom. The number of likely N-dealkylation sites (tertiary alicyclic amines) is 1. The van der Waals surface area contributed by atoms with Crippen molar-refractivity contribution in [1.82, 2.24) is 14.9 Å². The highest BCUT2D eigenvalue weighted by molar-refractivity contribution is 5.79. The molecule has 1 amide bonds. The van der Waals surface area contributed by atoms with Gasteiger partial charge >= 0.3 is 0 Å². The summed E-state index contributed by atoms with van der Waals surface area (Å²) in [5, 5.41) is 0. The monoisotopic (exact) mass is 391 g/mol. The second kappa shape index (κ2) is 6.93. The molecule has 1 aromatic heterocycles. The SMILES string of the molecule is O=C(COc1ccc(F)cc1)N1CC2(C1)OCc1nc(-c3ccccc3)ncc12. The first-order valence-electron chi connectivity index (χ1n) is 9.35. The molecule has 0 N–H and O–H groups in total. The second-order valence-electron chi connectivity index (χ2n) is 7.20. The van der Waals surface area contributed by atoms with Gasteiger partial charge in [0.15, 0.2) is 12.4 Å². The van der Waals surface area contributed by atoms with Crippen LogP contribution in [0.5, 0.6) is 5.75 Å². The highest BCUT2D eigenvalue weighted by Gasteiger charge is 2.52. The van der Waals surface area contributed by atoms with Gasteiger partial charge in [0, 0.05) is 17.3 Å². The molecule has 2 aliphatic rings. The van der Waals surface area contributed by atoms with E-state index in [9.17, 15) is 9.18 Å². The van der Waals surface area contributed by atoms with E-state index < -0.39 is 5.60 Å². The number of amides is 1. The van der Waals surface area contributed by atoms with Crippen molar-refractivity contribution >= 4 is 5.91 Å². The van der Waals surface area contributed by atoms with Crippen molar-refractivity contribution in [2.75, 3.05) is 19.7 Å². The first-order valence-corrected chi connectivity index (χ1v) is 9.35. The molecule has 6 nitrogen and oxygen atoms in total. The maximum absolute atomic E-state index is 12.9. The summed E-state index contributed by atoms with van der Waals surface area (Å²) >= 11 is 0. The van der Waals surface area contributed by atoms with Gasteiger partial charge in [-0.25, -0.2) is 14.4 Å². The smallest absolute Gasteiger partial charge is 0.260 e. The van der Waals surface area contributed by atoms with Gasteiger partial charge in [0.05, 0.1) is 25.4 Å². The van der Waals surface area contributed by atoms with Gasteiger partial charge in [-0.05, 0) is 24.3 Å². The fourth-order valence-corrected chi connectivity index (χ4v) is 3.69. The summed E-state index contributed by atoms with van der Waals surface area (Å²) in [6.07, 6.45) is 1.81. The van der Waals surface area contributed by atoms with E-state index in [0.717, 1.165) is 16.8 Å². The number of halogens is 1. The average molecular weight is 391 g/mol. The van der Waals surface area contributed by atoms with Gasteiger partial charge < -0.3 is 14.4 Å². The molecular weight excluding hydrogens is 373 g/mol. The summed E-state index contributed by atoms with van der Waals surface area (Å²) in [5.41, 5.74) is 2.24. The Morgan fingerprint density at radius 3 is 2.66 bits per heavy atom. The lowest BCUT2D eigenvalue weighted by Gasteiger charge is -2.47. The molecule has 0 atom stereocenters. The normalized spacial score (nSPS) is 16.4. The van der Waals surface area contributed by atoms with Gasteiger partial charge in [0.2, 0.25) is 0 Å². The molecule has 0 unspecified atom stereocenters. The molecule has 0 saturated carbocycles. The number of carbonyl (C=O) groups is 1. The number of aromatic nitrogens is 2. The number of hydrogen-bond acceptors (Lipinski definition) is 5. The third-order valence-electron chi connectivity index (χ3n) is 5.30. The molecule has 1 fully saturated rings. The number of carbonyl (C=O) groups excluding carboxylic acids is 1. The van der Waals surface area contributed by atoms with E-state index in [1.807, 2.05) is 36.5 Å². The van der Waals surface area contributed by atoms with E-state index in [4.69, 9.17) is 9.47 Å². The van der Waals surface area contributed by atoms with Crippen LogP contribution >= 0.6 is 0 Å². The highest BCUT2D eigenvalue weighted by atomic mass is 19.1. The molecule has 2 aromatic carbocycles. The predicted molar refractivity (Wildman–Crippen MR) is 102 cm³/mol. The van der Waals surface area contributed by atoms with Gasteiger partial charge in [0.25, 0.3) is 5.91 Å². The van der Waals surface area contributed by atoms with Gasteiger partial charge in [-0.1, -0.05) is 30.3 Å². The second-order valence-corrected chi connectivity index (χ2v) is 7.20. The summed E-state index contributed by atoms with van der Waals surface area (Å²) in [5.74, 6) is 0.645. The Morgan fingerprint density at radius 2 is 1.90 bits per heavy atom. The molecular formula is C22H18FN3O3. The highest BCUT2D eigenvalue weighted by Crippen LogP contribution is 2.42. The number of benzene rings is 2. The van der Waals surface area contributed by atoms with E-state index in [-0.39, 0.29) is 18.3 Å². The predicted octanol–water partition coefficient (Wildman–Crippen LogP) is 2.93. The molecule has 3 aromatic rings. The van der Waals surface area contributed by atoms with Gasteiger partial charge in [-0.2, -0.15) is 0 Å². The van der Waals surface area contributed by atoms with Crippen LogP contribution in [0.3, 0.4) is 0 Å². The van der Waals surface area contributed by atoms with Crippen LogP contribution in [0.1, 0.15) is 11.3 Å². The molecule has 1 saturated heterocycles. The zero-order valence-corrected chi connectivity index (χ0v) is 15.5. The van der Waals surface area contributed by atoms with Crippen LogP contribution in [0.2, 0.25) is 0 Å². The summed E-state index contributed by atoms with van der Waals surface area (Å²) in [6, 6.07) is 15.4. The molecule has 0 aliphatic carbocycles. The summed E-state index contributed by atoms with van der Waals surface area (Å²) < 4.78 is 24.4. The minimum atomic E-state index is -0.532. The van der Waals surface area contributed by atoms with E-state index in [1.165, 1.54) is 24.3 Å². The van der Waals surface area contributed by atoms with Crippen LogP contribution in [0.4, 0.5) is 4.39 Å². The minimum absolute atomic E-state index is 0.0992. The first kappa shape index (κ1) is 17.8. The molecule has 1 spiro atoms. The van der Waals surface area contributed by atoms with E-state index in [2.05, 4.69) is 9.97 Å². The van der Waals surface area contributed by atoms with Gasteiger partial charge in [0.1, 0.15) is 17.2 Å². The lowest BCUT2D eigenvalue weighted by atomic mass is 9.87. The van der Waals surface area contributed by atoms with Crippen molar-refractivity contribution in [3.05, 3.63) is 77.9 Å².